The monoisotopic (exact) mass is 276 g/mol. The lowest BCUT2D eigenvalue weighted by Crippen LogP contribution is -2.31. The summed E-state index contributed by atoms with van der Waals surface area (Å²) in [6.45, 7) is 0.490. The van der Waals surface area contributed by atoms with Crippen LogP contribution in [0.5, 0.6) is 0 Å². The highest BCUT2D eigenvalue weighted by molar-refractivity contribution is 6.31. The minimum atomic E-state index is -0.627. The van der Waals surface area contributed by atoms with Crippen LogP contribution in [0.2, 0.25) is 5.02 Å². The van der Waals surface area contributed by atoms with Gasteiger partial charge in [-0.1, -0.05) is 29.8 Å². The van der Waals surface area contributed by atoms with E-state index in [1.165, 1.54) is 6.33 Å². The van der Waals surface area contributed by atoms with Crippen molar-refractivity contribution in [2.75, 3.05) is 0 Å². The number of halogens is 1. The molecular formula is C13H13ClN4O. The number of hydrogen-bond acceptors (Lipinski definition) is 3. The Hall–Kier alpha value is -1.88. The van der Waals surface area contributed by atoms with E-state index in [1.807, 2.05) is 24.3 Å². The van der Waals surface area contributed by atoms with Gasteiger partial charge in [0.15, 0.2) is 0 Å². The lowest BCUT2D eigenvalue weighted by molar-refractivity contribution is -0.120. The minimum Gasteiger partial charge on any atom is -0.369 e. The number of nitrogens with two attached hydrogens (primary N) is 1. The van der Waals surface area contributed by atoms with Gasteiger partial charge in [-0.2, -0.15) is 5.10 Å². The lowest BCUT2D eigenvalue weighted by atomic mass is 10.1. The fraction of sp³-hybridized carbons (Fsp3) is 0.308. The van der Waals surface area contributed by atoms with E-state index in [0.717, 1.165) is 18.4 Å². The van der Waals surface area contributed by atoms with E-state index in [9.17, 15) is 4.79 Å². The van der Waals surface area contributed by atoms with E-state index in [4.69, 9.17) is 17.3 Å². The summed E-state index contributed by atoms with van der Waals surface area (Å²) in [7, 11) is 0. The molecule has 0 bridgehead atoms. The van der Waals surface area contributed by atoms with Crippen molar-refractivity contribution in [3.8, 4) is 0 Å². The molecule has 5 nitrogen and oxygen atoms in total. The van der Waals surface area contributed by atoms with E-state index in [0.29, 0.717) is 17.4 Å². The Kier molecular flexibility index (Phi) is 2.78. The molecule has 6 heteroatoms. The van der Waals surface area contributed by atoms with Crippen molar-refractivity contribution >= 4 is 17.5 Å². The van der Waals surface area contributed by atoms with Crippen molar-refractivity contribution < 1.29 is 4.79 Å². The minimum absolute atomic E-state index is 0.332. The highest BCUT2D eigenvalue weighted by Crippen LogP contribution is 2.46. The zero-order chi connectivity index (χ0) is 13.5. The second-order valence-electron chi connectivity index (χ2n) is 4.78. The first kappa shape index (κ1) is 12.2. The van der Waals surface area contributed by atoms with Crippen molar-refractivity contribution in [3.05, 3.63) is 47.0 Å². The molecule has 0 radical (unpaired) electrons. The summed E-state index contributed by atoms with van der Waals surface area (Å²) in [6, 6.07) is 7.55. The molecule has 1 fully saturated rings. The third-order valence-electron chi connectivity index (χ3n) is 3.54. The molecule has 1 aromatic carbocycles. The predicted octanol–water partition coefficient (Wildman–Crippen LogP) is 1.50. The predicted molar refractivity (Wildman–Crippen MR) is 70.7 cm³/mol. The second-order valence-corrected chi connectivity index (χ2v) is 5.19. The maximum absolute atomic E-state index is 11.6. The number of nitrogens with zero attached hydrogens (tertiary/aromatic N) is 3. The SMILES string of the molecule is NC(=O)C1(c2ncnn2Cc2ccccc2Cl)CC1. The van der Waals surface area contributed by atoms with Crippen LogP contribution in [0, 0.1) is 0 Å². The molecule has 19 heavy (non-hydrogen) atoms. The van der Waals surface area contributed by atoms with Gasteiger partial charge in [0.1, 0.15) is 17.6 Å². The Morgan fingerprint density at radius 3 is 2.79 bits per heavy atom. The van der Waals surface area contributed by atoms with E-state index in [1.54, 1.807) is 4.68 Å². The molecule has 0 spiro atoms. The molecule has 1 aromatic heterocycles. The van der Waals surface area contributed by atoms with Crippen LogP contribution < -0.4 is 5.73 Å². The number of benzene rings is 1. The maximum Gasteiger partial charge on any atom is 0.231 e. The topological polar surface area (TPSA) is 73.8 Å². The Bertz CT molecular complexity index is 633. The summed E-state index contributed by atoms with van der Waals surface area (Å²) in [5, 5.41) is 4.85. The number of amides is 1. The first-order valence-electron chi connectivity index (χ1n) is 6.05. The van der Waals surface area contributed by atoms with Crippen LogP contribution in [0.4, 0.5) is 0 Å². The summed E-state index contributed by atoms with van der Waals surface area (Å²) < 4.78 is 1.71. The van der Waals surface area contributed by atoms with Crippen molar-refractivity contribution in [2.45, 2.75) is 24.8 Å². The first-order chi connectivity index (χ1) is 9.13. The molecule has 0 aliphatic heterocycles. The van der Waals surface area contributed by atoms with Crippen LogP contribution in [-0.4, -0.2) is 20.7 Å². The number of aromatic nitrogens is 3. The zero-order valence-electron chi connectivity index (χ0n) is 10.2. The number of carbonyl (C=O) groups excluding carboxylic acids is 1. The Morgan fingerprint density at radius 2 is 2.16 bits per heavy atom. The highest BCUT2D eigenvalue weighted by atomic mass is 35.5. The van der Waals surface area contributed by atoms with Gasteiger partial charge >= 0.3 is 0 Å². The van der Waals surface area contributed by atoms with Crippen LogP contribution in [0.1, 0.15) is 24.2 Å². The van der Waals surface area contributed by atoms with Gasteiger partial charge in [0, 0.05) is 5.02 Å². The largest absolute Gasteiger partial charge is 0.369 e. The van der Waals surface area contributed by atoms with Gasteiger partial charge in [-0.05, 0) is 24.5 Å². The molecule has 0 atom stereocenters. The molecular weight excluding hydrogens is 264 g/mol. The number of rotatable bonds is 4. The van der Waals surface area contributed by atoms with Crippen LogP contribution in [0.25, 0.3) is 0 Å². The summed E-state index contributed by atoms with van der Waals surface area (Å²) in [6.07, 6.45) is 2.93. The summed E-state index contributed by atoms with van der Waals surface area (Å²) in [5.41, 5.74) is 5.78. The van der Waals surface area contributed by atoms with Crippen molar-refractivity contribution in [2.24, 2.45) is 5.73 Å². The average Bonchev–Trinajstić information content (AvgIpc) is 3.07. The Balaban J connectivity index is 1.94. The number of carbonyl (C=O) groups is 1. The van der Waals surface area contributed by atoms with Crippen molar-refractivity contribution in [1.29, 1.82) is 0 Å². The third kappa shape index (κ3) is 2.00. The van der Waals surface area contributed by atoms with Gasteiger partial charge in [0.05, 0.1) is 6.54 Å². The molecule has 0 saturated heterocycles. The highest BCUT2D eigenvalue weighted by Gasteiger charge is 2.53. The third-order valence-corrected chi connectivity index (χ3v) is 3.91. The average molecular weight is 277 g/mol. The first-order valence-corrected chi connectivity index (χ1v) is 6.43. The van der Waals surface area contributed by atoms with Gasteiger partial charge in [-0.25, -0.2) is 9.67 Å². The van der Waals surface area contributed by atoms with Crippen molar-refractivity contribution in [3.63, 3.8) is 0 Å². The van der Waals surface area contributed by atoms with Gasteiger partial charge in [0.2, 0.25) is 5.91 Å². The van der Waals surface area contributed by atoms with E-state index in [-0.39, 0.29) is 5.91 Å². The molecule has 1 saturated carbocycles. The number of primary amides is 1. The van der Waals surface area contributed by atoms with Gasteiger partial charge < -0.3 is 5.73 Å². The Morgan fingerprint density at radius 1 is 1.42 bits per heavy atom. The molecule has 2 N–H and O–H groups in total. The molecule has 0 unspecified atom stereocenters. The standard InChI is InChI=1S/C13H13ClN4O/c14-10-4-2-1-3-9(10)7-18-12(16-8-17-18)13(5-6-13)11(15)19/h1-4,8H,5-7H2,(H2,15,19). The molecule has 1 aliphatic carbocycles. The van der Waals surface area contributed by atoms with Crippen LogP contribution in [0.3, 0.4) is 0 Å². The fourth-order valence-corrected chi connectivity index (χ4v) is 2.44. The van der Waals surface area contributed by atoms with Gasteiger partial charge in [-0.3, -0.25) is 4.79 Å². The van der Waals surface area contributed by atoms with Gasteiger partial charge in [-0.15, -0.1) is 0 Å². The second kappa shape index (κ2) is 4.35. The summed E-state index contributed by atoms with van der Waals surface area (Å²) >= 11 is 6.13. The lowest BCUT2D eigenvalue weighted by Gasteiger charge is -2.12. The van der Waals surface area contributed by atoms with Crippen LogP contribution in [-0.2, 0) is 16.8 Å². The van der Waals surface area contributed by atoms with E-state index in [2.05, 4.69) is 10.1 Å². The van der Waals surface area contributed by atoms with Crippen molar-refractivity contribution in [1.82, 2.24) is 14.8 Å². The fourth-order valence-electron chi connectivity index (χ4n) is 2.24. The van der Waals surface area contributed by atoms with Gasteiger partial charge in [0.25, 0.3) is 0 Å². The molecule has 2 aromatic rings. The molecule has 3 rings (SSSR count). The van der Waals surface area contributed by atoms with Crippen LogP contribution in [0.15, 0.2) is 30.6 Å². The van der Waals surface area contributed by atoms with E-state index >= 15 is 0 Å². The summed E-state index contributed by atoms with van der Waals surface area (Å²) in [5.74, 6) is 0.306. The molecule has 1 heterocycles. The molecule has 98 valence electrons. The van der Waals surface area contributed by atoms with Crippen LogP contribution >= 0.6 is 11.6 Å². The summed E-state index contributed by atoms with van der Waals surface area (Å²) in [4.78, 5) is 15.8. The zero-order valence-corrected chi connectivity index (χ0v) is 11.0. The molecule has 1 aliphatic rings. The Labute approximate surface area is 115 Å². The molecule has 1 amide bonds. The smallest absolute Gasteiger partial charge is 0.231 e. The van der Waals surface area contributed by atoms with E-state index < -0.39 is 5.41 Å². The number of hydrogen-bond donors (Lipinski definition) is 1. The maximum atomic E-state index is 11.6. The quantitative estimate of drug-likeness (QED) is 0.919. The normalized spacial score (nSPS) is 16.3.